The Labute approximate surface area is 230 Å². The molecule has 0 aromatic heterocycles. The van der Waals surface area contributed by atoms with E-state index in [2.05, 4.69) is 5.32 Å². The third-order valence-corrected chi connectivity index (χ3v) is 7.93. The van der Waals surface area contributed by atoms with Gasteiger partial charge in [-0.3, -0.25) is 13.9 Å². The van der Waals surface area contributed by atoms with E-state index in [0.29, 0.717) is 5.69 Å². The molecule has 39 heavy (non-hydrogen) atoms. The monoisotopic (exact) mass is 553 g/mol. The highest BCUT2D eigenvalue weighted by atomic mass is 32.2. The van der Waals surface area contributed by atoms with Crippen LogP contribution in [0.5, 0.6) is 0 Å². The first-order valence-corrected chi connectivity index (χ1v) is 14.1. The summed E-state index contributed by atoms with van der Waals surface area (Å²) in [6.07, 6.45) is 0. The molecule has 0 bridgehead atoms. The number of halogens is 1. The van der Waals surface area contributed by atoms with Crippen LogP contribution in [0.1, 0.15) is 44.4 Å². The summed E-state index contributed by atoms with van der Waals surface area (Å²) < 4.78 is 43.3. The van der Waals surface area contributed by atoms with E-state index in [-0.39, 0.29) is 17.0 Å². The maximum Gasteiger partial charge on any atom is 0.264 e. The van der Waals surface area contributed by atoms with Crippen LogP contribution < -0.4 is 9.62 Å². The van der Waals surface area contributed by atoms with Crippen molar-refractivity contribution in [1.29, 1.82) is 0 Å². The summed E-state index contributed by atoms with van der Waals surface area (Å²) in [4.78, 5) is 28.2. The largest absolute Gasteiger partial charge is 0.350 e. The molecule has 0 saturated heterocycles. The first-order chi connectivity index (χ1) is 18.2. The van der Waals surface area contributed by atoms with Crippen molar-refractivity contribution < 1.29 is 22.4 Å². The topological polar surface area (TPSA) is 86.8 Å². The Bertz CT molecular complexity index is 1430. The average molecular weight is 554 g/mol. The molecule has 3 aromatic carbocycles. The van der Waals surface area contributed by atoms with Crippen LogP contribution in [0, 0.1) is 19.7 Å². The second-order valence-corrected chi connectivity index (χ2v) is 12.6. The van der Waals surface area contributed by atoms with Crippen molar-refractivity contribution in [3.8, 4) is 0 Å². The Morgan fingerprint density at radius 1 is 0.923 bits per heavy atom. The maximum atomic E-state index is 14.6. The highest BCUT2D eigenvalue weighted by Gasteiger charge is 2.33. The molecule has 208 valence electrons. The van der Waals surface area contributed by atoms with E-state index in [4.69, 9.17) is 0 Å². The van der Waals surface area contributed by atoms with E-state index < -0.39 is 45.8 Å². The number of nitrogens with one attached hydrogen (secondary N) is 1. The first kappa shape index (κ1) is 29.8. The van der Waals surface area contributed by atoms with Crippen LogP contribution in [0.3, 0.4) is 0 Å². The molecule has 0 spiro atoms. The van der Waals surface area contributed by atoms with Crippen LogP contribution in [0.2, 0.25) is 0 Å². The van der Waals surface area contributed by atoms with Crippen LogP contribution in [-0.4, -0.2) is 43.3 Å². The minimum Gasteiger partial charge on any atom is -0.350 e. The number of amides is 2. The number of anilines is 1. The number of rotatable bonds is 9. The van der Waals surface area contributed by atoms with Gasteiger partial charge in [0.05, 0.1) is 10.6 Å². The molecular weight excluding hydrogens is 517 g/mol. The average Bonchev–Trinajstić information content (AvgIpc) is 2.85. The predicted octanol–water partition coefficient (Wildman–Crippen LogP) is 4.97. The molecule has 3 rings (SSSR count). The molecule has 3 aromatic rings. The lowest BCUT2D eigenvalue weighted by atomic mass is 10.1. The zero-order valence-corrected chi connectivity index (χ0v) is 24.0. The van der Waals surface area contributed by atoms with E-state index in [0.717, 1.165) is 15.4 Å². The summed E-state index contributed by atoms with van der Waals surface area (Å²) in [5, 5.41) is 2.85. The van der Waals surface area contributed by atoms with E-state index in [1.54, 1.807) is 43.3 Å². The van der Waals surface area contributed by atoms with Gasteiger partial charge < -0.3 is 10.2 Å². The molecule has 0 unspecified atom stereocenters. The van der Waals surface area contributed by atoms with Crippen molar-refractivity contribution >= 4 is 27.5 Å². The standard InChI is InChI=1S/C30H36FN3O4S/c1-21-14-16-26(17-15-21)39(37,38)34(25-12-9-10-22(2)18-25)20-28(35)33(19-24-11-7-8-13-27(24)31)23(3)29(36)32-30(4,5)6/h7-18,23H,19-20H2,1-6H3,(H,32,36)/t23-/m0/s1. The summed E-state index contributed by atoms with van der Waals surface area (Å²) in [6.45, 7) is 9.87. The molecule has 0 radical (unpaired) electrons. The number of hydrogen-bond acceptors (Lipinski definition) is 4. The number of aryl methyl sites for hydroxylation is 2. The molecule has 0 heterocycles. The normalized spacial score (nSPS) is 12.5. The van der Waals surface area contributed by atoms with Gasteiger partial charge in [-0.1, -0.05) is 48.0 Å². The maximum absolute atomic E-state index is 14.6. The van der Waals surface area contributed by atoms with Crippen LogP contribution in [0.15, 0.2) is 77.7 Å². The van der Waals surface area contributed by atoms with Gasteiger partial charge >= 0.3 is 0 Å². The van der Waals surface area contributed by atoms with Crippen LogP contribution in [0.4, 0.5) is 10.1 Å². The van der Waals surface area contributed by atoms with E-state index >= 15 is 0 Å². The second kappa shape index (κ2) is 12.0. The third-order valence-electron chi connectivity index (χ3n) is 6.14. The first-order valence-electron chi connectivity index (χ1n) is 12.7. The van der Waals surface area contributed by atoms with Crippen molar-refractivity contribution in [2.45, 2.75) is 64.6 Å². The fourth-order valence-electron chi connectivity index (χ4n) is 4.02. The van der Waals surface area contributed by atoms with Crippen molar-refractivity contribution in [3.63, 3.8) is 0 Å². The number of carbonyl (C=O) groups excluding carboxylic acids is 2. The number of hydrogen-bond donors (Lipinski definition) is 1. The van der Waals surface area contributed by atoms with Crippen LogP contribution in [-0.2, 0) is 26.2 Å². The van der Waals surface area contributed by atoms with Crippen LogP contribution in [0.25, 0.3) is 0 Å². The Balaban J connectivity index is 2.05. The quantitative estimate of drug-likeness (QED) is 0.405. The molecule has 0 fully saturated rings. The van der Waals surface area contributed by atoms with Gasteiger partial charge in [-0.05, 0) is 77.4 Å². The molecule has 2 amide bonds. The fraction of sp³-hybridized carbons (Fsp3) is 0.333. The summed E-state index contributed by atoms with van der Waals surface area (Å²) in [5.74, 6) is -1.61. The molecule has 1 N–H and O–H groups in total. The van der Waals surface area contributed by atoms with Gasteiger partial charge in [0.2, 0.25) is 11.8 Å². The van der Waals surface area contributed by atoms with Gasteiger partial charge in [0.1, 0.15) is 18.4 Å². The van der Waals surface area contributed by atoms with Gasteiger partial charge in [0, 0.05) is 17.6 Å². The van der Waals surface area contributed by atoms with Crippen molar-refractivity contribution in [2.24, 2.45) is 0 Å². The van der Waals surface area contributed by atoms with Gasteiger partial charge in [-0.15, -0.1) is 0 Å². The summed E-state index contributed by atoms with van der Waals surface area (Å²) in [6, 6.07) is 18.2. The number of nitrogens with zero attached hydrogens (tertiary/aromatic N) is 2. The SMILES string of the molecule is Cc1ccc(S(=O)(=O)N(CC(=O)N(Cc2ccccc2F)[C@@H](C)C(=O)NC(C)(C)C)c2cccc(C)c2)cc1. The highest BCUT2D eigenvalue weighted by molar-refractivity contribution is 7.92. The van der Waals surface area contributed by atoms with Crippen molar-refractivity contribution in [2.75, 3.05) is 10.8 Å². The molecule has 0 aliphatic carbocycles. The van der Waals surface area contributed by atoms with Crippen molar-refractivity contribution in [3.05, 3.63) is 95.3 Å². The molecule has 0 aliphatic heterocycles. The lowest BCUT2D eigenvalue weighted by molar-refractivity contribution is -0.140. The van der Waals surface area contributed by atoms with E-state index in [9.17, 15) is 22.4 Å². The summed E-state index contributed by atoms with van der Waals surface area (Å²) in [7, 11) is -4.16. The molecule has 7 nitrogen and oxygen atoms in total. The van der Waals surface area contributed by atoms with Gasteiger partial charge in [0.25, 0.3) is 10.0 Å². The number of sulfonamides is 1. The molecule has 0 saturated carbocycles. The predicted molar refractivity (Wildman–Crippen MR) is 151 cm³/mol. The Morgan fingerprint density at radius 3 is 2.15 bits per heavy atom. The zero-order chi connectivity index (χ0) is 29.0. The van der Waals surface area contributed by atoms with E-state index in [1.807, 2.05) is 40.7 Å². The molecule has 1 atom stereocenters. The highest BCUT2D eigenvalue weighted by Crippen LogP contribution is 2.26. The smallest absolute Gasteiger partial charge is 0.264 e. The molecular formula is C30H36FN3O4S. The van der Waals surface area contributed by atoms with Crippen LogP contribution >= 0.6 is 0 Å². The van der Waals surface area contributed by atoms with E-state index in [1.165, 1.54) is 35.2 Å². The fourth-order valence-corrected chi connectivity index (χ4v) is 5.42. The molecule has 0 aliphatic rings. The Morgan fingerprint density at radius 2 is 1.56 bits per heavy atom. The van der Waals surface area contributed by atoms with Gasteiger partial charge in [0.15, 0.2) is 0 Å². The molecule has 9 heteroatoms. The van der Waals surface area contributed by atoms with Gasteiger partial charge in [-0.2, -0.15) is 0 Å². The summed E-state index contributed by atoms with van der Waals surface area (Å²) >= 11 is 0. The van der Waals surface area contributed by atoms with Gasteiger partial charge in [-0.25, -0.2) is 12.8 Å². The lowest BCUT2D eigenvalue weighted by Crippen LogP contribution is -2.54. The van der Waals surface area contributed by atoms with Crippen molar-refractivity contribution in [1.82, 2.24) is 10.2 Å². The summed E-state index contributed by atoms with van der Waals surface area (Å²) in [5.41, 5.74) is 1.65. The Hall–Kier alpha value is -3.72. The minimum atomic E-state index is -4.16. The lowest BCUT2D eigenvalue weighted by Gasteiger charge is -2.33. The second-order valence-electron chi connectivity index (χ2n) is 10.7. The number of carbonyl (C=O) groups is 2. The Kier molecular flexibility index (Phi) is 9.17. The third kappa shape index (κ3) is 7.66. The minimum absolute atomic E-state index is 0.0292. The number of benzene rings is 3. The zero-order valence-electron chi connectivity index (χ0n) is 23.2.